The Hall–Kier alpha value is -2.42. The van der Waals surface area contributed by atoms with Crippen LogP contribution in [-0.2, 0) is 11.2 Å². The van der Waals surface area contributed by atoms with E-state index in [4.69, 9.17) is 0 Å². The Bertz CT molecular complexity index is 751. The monoisotopic (exact) mass is 304 g/mol. The van der Waals surface area contributed by atoms with Gasteiger partial charge in [0.05, 0.1) is 0 Å². The molecule has 0 saturated heterocycles. The summed E-state index contributed by atoms with van der Waals surface area (Å²) in [6.07, 6.45) is 11.8. The van der Waals surface area contributed by atoms with E-state index in [9.17, 15) is 4.79 Å². The molecule has 1 atom stereocenters. The van der Waals surface area contributed by atoms with Gasteiger partial charge in [-0.25, -0.2) is 0 Å². The van der Waals surface area contributed by atoms with Crippen LogP contribution in [0.4, 0.5) is 5.69 Å². The first-order valence-corrected chi connectivity index (χ1v) is 8.32. The van der Waals surface area contributed by atoms with Crippen molar-refractivity contribution in [3.63, 3.8) is 0 Å². The molecule has 0 bridgehead atoms. The molecule has 0 saturated carbocycles. The average Bonchev–Trinajstić information content (AvgIpc) is 3.05. The molecule has 1 aliphatic heterocycles. The number of rotatable bonds is 2. The first-order valence-electron chi connectivity index (χ1n) is 8.32. The fourth-order valence-electron chi connectivity index (χ4n) is 3.59. The quantitative estimate of drug-likeness (QED) is 0.786. The van der Waals surface area contributed by atoms with Crippen LogP contribution >= 0.6 is 0 Å². The zero-order valence-electron chi connectivity index (χ0n) is 13.1. The molecule has 1 aliphatic carbocycles. The van der Waals surface area contributed by atoms with Crippen LogP contribution in [0.5, 0.6) is 0 Å². The Morgan fingerprint density at radius 3 is 2.74 bits per heavy atom. The second-order valence-electron chi connectivity index (χ2n) is 6.30. The lowest BCUT2D eigenvalue weighted by Crippen LogP contribution is -2.35. The van der Waals surface area contributed by atoms with E-state index in [2.05, 4.69) is 35.3 Å². The molecule has 0 radical (unpaired) electrons. The number of hydrogen-bond acceptors (Lipinski definition) is 2. The van der Waals surface area contributed by atoms with Gasteiger partial charge in [0.25, 0.3) is 0 Å². The van der Waals surface area contributed by atoms with Crippen LogP contribution in [-0.4, -0.2) is 17.4 Å². The molecule has 116 valence electrons. The molecule has 0 spiro atoms. The minimum absolute atomic E-state index is 0.158. The number of nitrogens with zero attached hydrogens (tertiary/aromatic N) is 2. The van der Waals surface area contributed by atoms with Gasteiger partial charge in [0.1, 0.15) is 0 Å². The molecule has 1 amide bonds. The molecule has 0 N–H and O–H groups in total. The highest BCUT2D eigenvalue weighted by Gasteiger charge is 2.30. The van der Waals surface area contributed by atoms with E-state index in [-0.39, 0.29) is 5.92 Å². The number of carbonyl (C=O) groups is 1. The van der Waals surface area contributed by atoms with Gasteiger partial charge in [0.15, 0.2) is 0 Å². The van der Waals surface area contributed by atoms with Crippen molar-refractivity contribution in [3.05, 3.63) is 60.4 Å². The highest BCUT2D eigenvalue weighted by Crippen LogP contribution is 2.34. The third-order valence-corrected chi connectivity index (χ3v) is 4.87. The van der Waals surface area contributed by atoms with Crippen molar-refractivity contribution >= 4 is 11.6 Å². The fourth-order valence-corrected chi connectivity index (χ4v) is 3.59. The maximum absolute atomic E-state index is 12.8. The number of fused-ring (bicyclic) bond motifs is 1. The summed E-state index contributed by atoms with van der Waals surface area (Å²) in [4.78, 5) is 18.9. The Kier molecular flexibility index (Phi) is 3.70. The molecule has 2 aliphatic rings. The third kappa shape index (κ3) is 2.67. The Labute approximate surface area is 136 Å². The lowest BCUT2D eigenvalue weighted by Gasteiger charge is -2.24. The van der Waals surface area contributed by atoms with Gasteiger partial charge < -0.3 is 4.90 Å². The number of amides is 1. The van der Waals surface area contributed by atoms with Crippen LogP contribution in [0.2, 0.25) is 0 Å². The number of benzene rings is 1. The number of carbonyl (C=O) groups excluding carboxylic acids is 1. The summed E-state index contributed by atoms with van der Waals surface area (Å²) in [6, 6.07) is 10.5. The van der Waals surface area contributed by atoms with Crippen molar-refractivity contribution in [3.8, 4) is 11.1 Å². The van der Waals surface area contributed by atoms with Crippen LogP contribution in [0.3, 0.4) is 0 Å². The van der Waals surface area contributed by atoms with Crippen LogP contribution in [0.1, 0.15) is 24.8 Å². The predicted octanol–water partition coefficient (Wildman–Crippen LogP) is 3.99. The van der Waals surface area contributed by atoms with E-state index in [1.165, 1.54) is 16.7 Å². The summed E-state index contributed by atoms with van der Waals surface area (Å²) in [5, 5.41) is 0. The highest BCUT2D eigenvalue weighted by molar-refractivity contribution is 5.97. The van der Waals surface area contributed by atoms with Gasteiger partial charge in [-0.05, 0) is 66.6 Å². The molecular formula is C20H20N2O. The van der Waals surface area contributed by atoms with E-state index in [0.29, 0.717) is 5.91 Å². The smallest absolute Gasteiger partial charge is 0.230 e. The molecule has 0 fully saturated rings. The minimum Gasteiger partial charge on any atom is -0.312 e. The summed E-state index contributed by atoms with van der Waals surface area (Å²) in [5.41, 5.74) is 4.74. The molecule has 3 nitrogen and oxygen atoms in total. The van der Waals surface area contributed by atoms with E-state index in [1.54, 1.807) is 0 Å². The van der Waals surface area contributed by atoms with Gasteiger partial charge in [0.2, 0.25) is 5.91 Å². The molecular weight excluding hydrogens is 284 g/mol. The molecule has 23 heavy (non-hydrogen) atoms. The van der Waals surface area contributed by atoms with Gasteiger partial charge in [-0.2, -0.15) is 0 Å². The van der Waals surface area contributed by atoms with Gasteiger partial charge in [-0.1, -0.05) is 18.2 Å². The molecule has 3 heteroatoms. The minimum atomic E-state index is 0.158. The largest absolute Gasteiger partial charge is 0.312 e. The van der Waals surface area contributed by atoms with E-state index in [0.717, 1.165) is 37.9 Å². The molecule has 1 unspecified atom stereocenters. The van der Waals surface area contributed by atoms with Crippen LogP contribution in [0.15, 0.2) is 54.9 Å². The van der Waals surface area contributed by atoms with Crippen molar-refractivity contribution < 1.29 is 4.79 Å². The zero-order valence-corrected chi connectivity index (χ0v) is 13.1. The van der Waals surface area contributed by atoms with Crippen molar-refractivity contribution in [2.75, 3.05) is 11.4 Å². The molecule has 1 aromatic carbocycles. The first-order chi connectivity index (χ1) is 11.3. The molecule has 2 aromatic rings. The van der Waals surface area contributed by atoms with Crippen molar-refractivity contribution in [1.82, 2.24) is 4.98 Å². The number of pyridine rings is 1. The summed E-state index contributed by atoms with van der Waals surface area (Å²) < 4.78 is 0. The van der Waals surface area contributed by atoms with E-state index < -0.39 is 0 Å². The summed E-state index contributed by atoms with van der Waals surface area (Å²) >= 11 is 0. The predicted molar refractivity (Wildman–Crippen MR) is 92.2 cm³/mol. The highest BCUT2D eigenvalue weighted by atomic mass is 16.2. The zero-order chi connectivity index (χ0) is 15.6. The Balaban J connectivity index is 1.60. The maximum atomic E-state index is 12.8. The lowest BCUT2D eigenvalue weighted by molar-refractivity contribution is -0.122. The topological polar surface area (TPSA) is 33.2 Å². The summed E-state index contributed by atoms with van der Waals surface area (Å²) in [5.74, 6) is 0.454. The van der Waals surface area contributed by atoms with Crippen molar-refractivity contribution in [2.24, 2.45) is 5.92 Å². The summed E-state index contributed by atoms with van der Waals surface area (Å²) in [7, 11) is 0. The number of allylic oxidation sites excluding steroid dienone is 2. The SMILES string of the molecule is O=C(C1CC=CCC1)N1CCc2cc(-c3ccncc3)ccc21. The van der Waals surface area contributed by atoms with Gasteiger partial charge in [-0.15, -0.1) is 0 Å². The first kappa shape index (κ1) is 14.2. The summed E-state index contributed by atoms with van der Waals surface area (Å²) in [6.45, 7) is 0.814. The lowest BCUT2D eigenvalue weighted by atomic mass is 9.93. The molecule has 2 heterocycles. The third-order valence-electron chi connectivity index (χ3n) is 4.87. The van der Waals surface area contributed by atoms with E-state index in [1.807, 2.05) is 29.4 Å². The second-order valence-corrected chi connectivity index (χ2v) is 6.30. The molecule has 1 aromatic heterocycles. The fraction of sp³-hybridized carbons (Fsp3) is 0.300. The number of aromatic nitrogens is 1. The van der Waals surface area contributed by atoms with Gasteiger partial charge in [0, 0.05) is 30.5 Å². The van der Waals surface area contributed by atoms with Crippen molar-refractivity contribution in [1.29, 1.82) is 0 Å². The van der Waals surface area contributed by atoms with E-state index >= 15 is 0 Å². The normalized spacial score (nSPS) is 19.7. The van der Waals surface area contributed by atoms with Crippen LogP contribution in [0.25, 0.3) is 11.1 Å². The van der Waals surface area contributed by atoms with Gasteiger partial charge in [-0.3, -0.25) is 9.78 Å². The average molecular weight is 304 g/mol. The Morgan fingerprint density at radius 1 is 1.09 bits per heavy atom. The standard InChI is InChI=1S/C20H20N2O/c23-20(16-4-2-1-3-5-16)22-13-10-18-14-17(6-7-19(18)22)15-8-11-21-12-9-15/h1-2,6-9,11-12,14,16H,3-5,10,13H2. The molecule has 4 rings (SSSR count). The number of anilines is 1. The van der Waals surface area contributed by atoms with Crippen LogP contribution < -0.4 is 4.90 Å². The Morgan fingerprint density at radius 2 is 1.96 bits per heavy atom. The van der Waals surface area contributed by atoms with Crippen molar-refractivity contribution in [2.45, 2.75) is 25.7 Å². The van der Waals surface area contributed by atoms with Crippen LogP contribution in [0, 0.1) is 5.92 Å². The maximum Gasteiger partial charge on any atom is 0.230 e. The van der Waals surface area contributed by atoms with Gasteiger partial charge >= 0.3 is 0 Å². The number of hydrogen-bond donors (Lipinski definition) is 0. The second kappa shape index (κ2) is 5.99.